The lowest BCUT2D eigenvalue weighted by molar-refractivity contribution is -0.128. The van der Waals surface area contributed by atoms with Crippen LogP contribution in [0.1, 0.15) is 19.4 Å². The first-order chi connectivity index (χ1) is 14.3. The van der Waals surface area contributed by atoms with Gasteiger partial charge in [-0.25, -0.2) is 4.98 Å². The SMILES string of the molecule is Cc1ccc(-c2nc3ccccc3[nH]2)cc1NC(=O)C(C)(C)Oc1ccc(Br)cc1. The Bertz CT molecular complexity index is 1180. The third kappa shape index (κ3) is 4.24. The van der Waals surface area contributed by atoms with E-state index in [0.717, 1.165) is 38.1 Å². The summed E-state index contributed by atoms with van der Waals surface area (Å²) in [6.45, 7) is 5.46. The maximum atomic E-state index is 13.0. The zero-order chi connectivity index (χ0) is 21.3. The molecule has 0 aliphatic rings. The minimum absolute atomic E-state index is 0.227. The highest BCUT2D eigenvalue weighted by molar-refractivity contribution is 9.10. The summed E-state index contributed by atoms with van der Waals surface area (Å²) in [4.78, 5) is 21.0. The maximum Gasteiger partial charge on any atom is 0.267 e. The third-order valence-electron chi connectivity index (χ3n) is 4.88. The van der Waals surface area contributed by atoms with Crippen molar-refractivity contribution >= 4 is 38.6 Å². The first kappa shape index (κ1) is 20.2. The average Bonchev–Trinajstić information content (AvgIpc) is 3.15. The molecule has 1 aromatic heterocycles. The van der Waals surface area contributed by atoms with Crippen molar-refractivity contribution in [3.05, 3.63) is 76.8 Å². The molecule has 30 heavy (non-hydrogen) atoms. The Kier molecular flexibility index (Phi) is 5.35. The average molecular weight is 464 g/mol. The standard InChI is InChI=1S/C24H22BrN3O2/c1-15-8-9-16(22-26-19-6-4-5-7-20(19)27-22)14-21(15)28-23(29)24(2,3)30-18-12-10-17(25)11-13-18/h4-14H,1-3H3,(H,26,27)(H,28,29). The molecule has 6 heteroatoms. The van der Waals surface area contributed by atoms with Crippen LogP contribution in [0.4, 0.5) is 5.69 Å². The summed E-state index contributed by atoms with van der Waals surface area (Å²) in [7, 11) is 0. The highest BCUT2D eigenvalue weighted by Gasteiger charge is 2.30. The van der Waals surface area contributed by atoms with Gasteiger partial charge in [0.25, 0.3) is 5.91 Å². The zero-order valence-corrected chi connectivity index (χ0v) is 18.6. The van der Waals surface area contributed by atoms with Crippen LogP contribution in [-0.2, 0) is 4.79 Å². The van der Waals surface area contributed by atoms with Gasteiger partial charge in [-0.1, -0.05) is 40.2 Å². The van der Waals surface area contributed by atoms with Gasteiger partial charge in [-0.3, -0.25) is 4.79 Å². The lowest BCUT2D eigenvalue weighted by Gasteiger charge is -2.26. The summed E-state index contributed by atoms with van der Waals surface area (Å²) in [5.74, 6) is 1.17. The molecule has 2 N–H and O–H groups in total. The van der Waals surface area contributed by atoms with Gasteiger partial charge in [0.1, 0.15) is 11.6 Å². The van der Waals surface area contributed by atoms with Gasteiger partial charge in [-0.05, 0) is 68.8 Å². The monoisotopic (exact) mass is 463 g/mol. The van der Waals surface area contributed by atoms with Crippen LogP contribution in [0.25, 0.3) is 22.4 Å². The van der Waals surface area contributed by atoms with Crippen LogP contribution in [0.3, 0.4) is 0 Å². The summed E-state index contributed by atoms with van der Waals surface area (Å²) in [6, 6.07) is 21.2. The van der Waals surface area contributed by atoms with Crippen molar-refractivity contribution in [3.8, 4) is 17.1 Å². The second kappa shape index (κ2) is 7.95. The maximum absolute atomic E-state index is 13.0. The molecule has 0 radical (unpaired) electrons. The summed E-state index contributed by atoms with van der Waals surface area (Å²) in [6.07, 6.45) is 0. The van der Waals surface area contributed by atoms with Crippen LogP contribution in [0.15, 0.2) is 71.2 Å². The number of nitrogens with one attached hydrogen (secondary N) is 2. The van der Waals surface area contributed by atoms with E-state index in [4.69, 9.17) is 4.74 Å². The summed E-state index contributed by atoms with van der Waals surface area (Å²) in [5.41, 5.74) is 3.42. The molecule has 0 saturated heterocycles. The van der Waals surface area contributed by atoms with E-state index in [1.54, 1.807) is 13.8 Å². The van der Waals surface area contributed by atoms with Crippen molar-refractivity contribution in [3.63, 3.8) is 0 Å². The van der Waals surface area contributed by atoms with Gasteiger partial charge in [-0.2, -0.15) is 0 Å². The number of para-hydroxylation sites is 2. The fourth-order valence-electron chi connectivity index (χ4n) is 3.11. The van der Waals surface area contributed by atoms with Crippen LogP contribution in [0.2, 0.25) is 0 Å². The molecular formula is C24H22BrN3O2. The minimum Gasteiger partial charge on any atom is -0.478 e. The quantitative estimate of drug-likeness (QED) is 0.375. The number of H-pyrrole nitrogens is 1. The van der Waals surface area contributed by atoms with Gasteiger partial charge in [-0.15, -0.1) is 0 Å². The number of anilines is 1. The smallest absolute Gasteiger partial charge is 0.267 e. The molecule has 3 aromatic carbocycles. The number of carbonyl (C=O) groups excluding carboxylic acids is 1. The molecule has 1 amide bonds. The van der Waals surface area contributed by atoms with Crippen LogP contribution in [-0.4, -0.2) is 21.5 Å². The Morgan fingerprint density at radius 2 is 1.80 bits per heavy atom. The number of amides is 1. The number of benzene rings is 3. The lowest BCUT2D eigenvalue weighted by atomic mass is 10.1. The van der Waals surface area contributed by atoms with Crippen molar-refractivity contribution in [1.29, 1.82) is 0 Å². The number of hydrogen-bond acceptors (Lipinski definition) is 3. The molecule has 4 rings (SSSR count). The van der Waals surface area contributed by atoms with E-state index in [2.05, 4.69) is 31.2 Å². The summed E-state index contributed by atoms with van der Waals surface area (Å²) >= 11 is 3.40. The topological polar surface area (TPSA) is 67.0 Å². The minimum atomic E-state index is -1.05. The van der Waals surface area contributed by atoms with Crippen molar-refractivity contribution in [2.75, 3.05) is 5.32 Å². The third-order valence-corrected chi connectivity index (χ3v) is 5.41. The molecule has 0 spiro atoms. The molecule has 0 fully saturated rings. The highest BCUT2D eigenvalue weighted by Crippen LogP contribution is 2.27. The number of carbonyl (C=O) groups is 1. The van der Waals surface area contributed by atoms with Crippen LogP contribution >= 0.6 is 15.9 Å². The largest absolute Gasteiger partial charge is 0.478 e. The van der Waals surface area contributed by atoms with E-state index >= 15 is 0 Å². The van der Waals surface area contributed by atoms with Crippen molar-refractivity contribution in [2.45, 2.75) is 26.4 Å². The summed E-state index contributed by atoms with van der Waals surface area (Å²) in [5, 5.41) is 3.01. The number of hydrogen-bond donors (Lipinski definition) is 2. The Morgan fingerprint density at radius 3 is 2.53 bits per heavy atom. The first-order valence-electron chi connectivity index (χ1n) is 9.64. The highest BCUT2D eigenvalue weighted by atomic mass is 79.9. The second-order valence-electron chi connectivity index (χ2n) is 7.65. The van der Waals surface area contributed by atoms with Crippen LogP contribution in [0, 0.1) is 6.92 Å². The molecule has 0 unspecified atom stereocenters. The molecule has 0 atom stereocenters. The molecule has 0 aliphatic heterocycles. The molecule has 5 nitrogen and oxygen atoms in total. The second-order valence-corrected chi connectivity index (χ2v) is 8.57. The fraction of sp³-hybridized carbons (Fsp3) is 0.167. The van der Waals surface area contributed by atoms with Crippen LogP contribution in [0.5, 0.6) is 5.75 Å². The van der Waals surface area contributed by atoms with Gasteiger partial charge >= 0.3 is 0 Å². The predicted molar refractivity (Wildman–Crippen MR) is 124 cm³/mol. The number of nitrogens with zero attached hydrogens (tertiary/aromatic N) is 1. The van der Waals surface area contributed by atoms with E-state index in [1.807, 2.05) is 73.7 Å². The van der Waals surface area contributed by atoms with Crippen molar-refractivity contribution in [1.82, 2.24) is 9.97 Å². The lowest BCUT2D eigenvalue weighted by Crippen LogP contribution is -2.42. The molecule has 0 aliphatic carbocycles. The summed E-state index contributed by atoms with van der Waals surface area (Å²) < 4.78 is 6.89. The fourth-order valence-corrected chi connectivity index (χ4v) is 3.37. The van der Waals surface area contributed by atoms with E-state index in [9.17, 15) is 4.79 Å². The number of aromatic amines is 1. The number of rotatable bonds is 5. The van der Waals surface area contributed by atoms with Gasteiger partial charge in [0.05, 0.1) is 11.0 Å². The van der Waals surface area contributed by atoms with E-state index in [0.29, 0.717) is 5.75 Å². The zero-order valence-electron chi connectivity index (χ0n) is 17.0. The van der Waals surface area contributed by atoms with Crippen molar-refractivity contribution in [2.24, 2.45) is 0 Å². The number of halogens is 1. The van der Waals surface area contributed by atoms with Crippen molar-refractivity contribution < 1.29 is 9.53 Å². The number of aryl methyl sites for hydroxylation is 1. The number of aromatic nitrogens is 2. The molecule has 152 valence electrons. The molecular weight excluding hydrogens is 442 g/mol. The molecule has 0 bridgehead atoms. The van der Waals surface area contributed by atoms with E-state index in [-0.39, 0.29) is 5.91 Å². The Morgan fingerprint density at radius 1 is 1.07 bits per heavy atom. The van der Waals surface area contributed by atoms with E-state index < -0.39 is 5.60 Å². The Labute approximate surface area is 183 Å². The normalized spacial score (nSPS) is 11.5. The molecule has 4 aromatic rings. The van der Waals surface area contributed by atoms with Gasteiger partial charge in [0.15, 0.2) is 5.60 Å². The molecule has 0 saturated carbocycles. The predicted octanol–water partition coefficient (Wildman–Crippen LogP) is 6.10. The van der Waals surface area contributed by atoms with Gasteiger partial charge in [0, 0.05) is 15.7 Å². The number of ether oxygens (including phenoxy) is 1. The first-order valence-corrected chi connectivity index (χ1v) is 10.4. The number of fused-ring (bicyclic) bond motifs is 1. The van der Waals surface area contributed by atoms with Gasteiger partial charge in [0.2, 0.25) is 0 Å². The van der Waals surface area contributed by atoms with Gasteiger partial charge < -0.3 is 15.0 Å². The number of imidazole rings is 1. The van der Waals surface area contributed by atoms with E-state index in [1.165, 1.54) is 0 Å². The Balaban J connectivity index is 1.56. The van der Waals surface area contributed by atoms with Crippen LogP contribution < -0.4 is 10.1 Å². The Hall–Kier alpha value is -3.12. The molecule has 1 heterocycles.